The van der Waals surface area contributed by atoms with Crippen LogP contribution in [-0.4, -0.2) is 35.5 Å². The minimum atomic E-state index is -0.789. The Kier molecular flexibility index (Phi) is 3.22. The lowest BCUT2D eigenvalue weighted by Gasteiger charge is -2.20. The lowest BCUT2D eigenvalue weighted by atomic mass is 10.1. The molecule has 2 N–H and O–H groups in total. The summed E-state index contributed by atoms with van der Waals surface area (Å²) in [5, 5.41) is 13.1. The first-order valence-electron chi connectivity index (χ1n) is 5.54. The van der Waals surface area contributed by atoms with Crippen LogP contribution in [0, 0.1) is 0 Å². The topological polar surface area (TPSA) is 52.6 Å². The van der Waals surface area contributed by atoms with E-state index in [0.717, 1.165) is 6.54 Å². The van der Waals surface area contributed by atoms with Crippen LogP contribution in [0.1, 0.15) is 29.1 Å². The van der Waals surface area contributed by atoms with E-state index in [1.54, 1.807) is 12.1 Å². The fourth-order valence-corrected chi connectivity index (χ4v) is 1.95. The van der Waals surface area contributed by atoms with Crippen molar-refractivity contribution < 1.29 is 9.90 Å². The molecular weight excluding hydrogens is 204 g/mol. The molecule has 0 aromatic heterocycles. The highest BCUT2D eigenvalue weighted by molar-refractivity contribution is 5.98. The van der Waals surface area contributed by atoms with Gasteiger partial charge in [0.05, 0.1) is 0 Å². The maximum atomic E-state index is 11.9. The van der Waals surface area contributed by atoms with Gasteiger partial charge in [0, 0.05) is 24.2 Å². The van der Waals surface area contributed by atoms with Crippen LogP contribution in [-0.2, 0) is 0 Å². The number of carbonyl (C=O) groups is 1. The molecule has 0 fully saturated rings. The zero-order valence-corrected chi connectivity index (χ0v) is 9.31. The second-order valence-corrected chi connectivity index (χ2v) is 3.81. The molecule has 1 aromatic rings. The molecule has 86 valence electrons. The quantitative estimate of drug-likeness (QED) is 0.736. The van der Waals surface area contributed by atoms with E-state index in [1.807, 2.05) is 19.1 Å². The number of rotatable bonds is 4. The Morgan fingerprint density at radius 3 is 2.88 bits per heavy atom. The molecule has 16 heavy (non-hydrogen) atoms. The highest BCUT2D eigenvalue weighted by atomic mass is 16.3. The van der Waals surface area contributed by atoms with E-state index in [0.29, 0.717) is 24.2 Å². The standard InChI is InChI=1S/C12H16N2O2/c1-2-13-7-8-14-11(15)9-5-3-4-6-10(9)12(14)16/h3-6,11,13,15H,2,7-8H2,1H3. The van der Waals surface area contributed by atoms with E-state index in [1.165, 1.54) is 4.90 Å². The fourth-order valence-electron chi connectivity index (χ4n) is 1.95. The zero-order valence-electron chi connectivity index (χ0n) is 9.31. The van der Waals surface area contributed by atoms with Crippen molar-refractivity contribution in [3.8, 4) is 0 Å². The van der Waals surface area contributed by atoms with Gasteiger partial charge < -0.3 is 15.3 Å². The summed E-state index contributed by atoms with van der Waals surface area (Å²) < 4.78 is 0. The first-order chi connectivity index (χ1) is 7.75. The number of hydrogen-bond donors (Lipinski definition) is 2. The monoisotopic (exact) mass is 220 g/mol. The number of aliphatic hydroxyl groups excluding tert-OH is 1. The van der Waals surface area contributed by atoms with Gasteiger partial charge in [-0.1, -0.05) is 25.1 Å². The first-order valence-corrected chi connectivity index (χ1v) is 5.54. The Hall–Kier alpha value is -1.39. The third-order valence-corrected chi connectivity index (χ3v) is 2.80. The molecule has 0 bridgehead atoms. The van der Waals surface area contributed by atoms with E-state index < -0.39 is 6.23 Å². The van der Waals surface area contributed by atoms with Crippen molar-refractivity contribution in [2.45, 2.75) is 13.2 Å². The Morgan fingerprint density at radius 2 is 2.19 bits per heavy atom. The second kappa shape index (κ2) is 4.63. The van der Waals surface area contributed by atoms with Crippen LogP contribution in [0.3, 0.4) is 0 Å². The number of carbonyl (C=O) groups excluding carboxylic acids is 1. The normalized spacial score (nSPS) is 19.0. The van der Waals surface area contributed by atoms with E-state index in [-0.39, 0.29) is 5.91 Å². The Morgan fingerprint density at radius 1 is 1.44 bits per heavy atom. The Bertz CT molecular complexity index is 392. The molecule has 0 saturated carbocycles. The fraction of sp³-hybridized carbons (Fsp3) is 0.417. The average Bonchev–Trinajstić information content (AvgIpc) is 2.55. The van der Waals surface area contributed by atoms with E-state index in [4.69, 9.17) is 0 Å². The van der Waals surface area contributed by atoms with Crippen LogP contribution in [0.5, 0.6) is 0 Å². The van der Waals surface area contributed by atoms with Crippen LogP contribution in [0.15, 0.2) is 24.3 Å². The summed E-state index contributed by atoms with van der Waals surface area (Å²) in [5.74, 6) is -0.0824. The molecule has 1 aliphatic heterocycles. The number of amides is 1. The molecule has 1 heterocycles. The summed E-state index contributed by atoms with van der Waals surface area (Å²) in [4.78, 5) is 13.4. The molecule has 1 atom stereocenters. The van der Waals surface area contributed by atoms with Crippen molar-refractivity contribution in [1.29, 1.82) is 0 Å². The number of fused-ring (bicyclic) bond motifs is 1. The smallest absolute Gasteiger partial charge is 0.256 e. The number of aliphatic hydroxyl groups is 1. The van der Waals surface area contributed by atoms with Crippen molar-refractivity contribution in [3.63, 3.8) is 0 Å². The number of nitrogens with one attached hydrogen (secondary N) is 1. The molecule has 1 unspecified atom stereocenters. The van der Waals surface area contributed by atoms with Gasteiger partial charge in [-0.15, -0.1) is 0 Å². The highest BCUT2D eigenvalue weighted by Gasteiger charge is 2.34. The summed E-state index contributed by atoms with van der Waals surface area (Å²) in [6.07, 6.45) is -0.789. The van der Waals surface area contributed by atoms with Crippen LogP contribution in [0.4, 0.5) is 0 Å². The number of nitrogens with zero attached hydrogens (tertiary/aromatic N) is 1. The minimum absolute atomic E-state index is 0.0824. The van der Waals surface area contributed by atoms with Crippen LogP contribution < -0.4 is 5.32 Å². The summed E-state index contributed by atoms with van der Waals surface area (Å²) in [5.41, 5.74) is 1.33. The van der Waals surface area contributed by atoms with Gasteiger partial charge in [0.15, 0.2) is 6.23 Å². The summed E-state index contributed by atoms with van der Waals surface area (Å²) in [7, 11) is 0. The lowest BCUT2D eigenvalue weighted by molar-refractivity contribution is 0.0183. The Labute approximate surface area is 94.9 Å². The third-order valence-electron chi connectivity index (χ3n) is 2.80. The van der Waals surface area contributed by atoms with Crippen molar-refractivity contribution in [2.24, 2.45) is 0 Å². The molecule has 0 saturated heterocycles. The van der Waals surface area contributed by atoms with Crippen molar-refractivity contribution in [2.75, 3.05) is 19.6 Å². The van der Waals surface area contributed by atoms with Crippen LogP contribution in [0.2, 0.25) is 0 Å². The second-order valence-electron chi connectivity index (χ2n) is 3.81. The zero-order chi connectivity index (χ0) is 11.5. The number of hydrogen-bond acceptors (Lipinski definition) is 3. The van der Waals surface area contributed by atoms with E-state index >= 15 is 0 Å². The molecule has 1 aromatic carbocycles. The van der Waals surface area contributed by atoms with Crippen molar-refractivity contribution >= 4 is 5.91 Å². The third kappa shape index (κ3) is 1.81. The van der Waals surface area contributed by atoms with Gasteiger partial charge in [-0.25, -0.2) is 0 Å². The maximum absolute atomic E-state index is 11.9. The number of benzene rings is 1. The molecule has 4 nitrogen and oxygen atoms in total. The molecule has 2 rings (SSSR count). The number of likely N-dealkylation sites (N-methyl/N-ethyl adjacent to an activating group) is 1. The lowest BCUT2D eigenvalue weighted by Crippen LogP contribution is -2.34. The summed E-state index contributed by atoms with van der Waals surface area (Å²) in [6.45, 7) is 4.11. The SMILES string of the molecule is CCNCCN1C(=O)c2ccccc2C1O. The van der Waals surface area contributed by atoms with Crippen LogP contribution >= 0.6 is 0 Å². The predicted octanol–water partition coefficient (Wildman–Crippen LogP) is 0.743. The summed E-state index contributed by atoms with van der Waals surface area (Å²) >= 11 is 0. The van der Waals surface area contributed by atoms with Gasteiger partial charge in [-0.3, -0.25) is 4.79 Å². The largest absolute Gasteiger partial charge is 0.369 e. The predicted molar refractivity (Wildman–Crippen MR) is 61.0 cm³/mol. The molecule has 1 aliphatic rings. The van der Waals surface area contributed by atoms with Crippen molar-refractivity contribution in [3.05, 3.63) is 35.4 Å². The average molecular weight is 220 g/mol. The highest BCUT2D eigenvalue weighted by Crippen LogP contribution is 2.30. The first kappa shape index (κ1) is 11.1. The van der Waals surface area contributed by atoms with Crippen LogP contribution in [0.25, 0.3) is 0 Å². The van der Waals surface area contributed by atoms with Gasteiger partial charge in [-0.2, -0.15) is 0 Å². The van der Waals surface area contributed by atoms with Gasteiger partial charge in [0.2, 0.25) is 0 Å². The Balaban J connectivity index is 2.12. The van der Waals surface area contributed by atoms with E-state index in [2.05, 4.69) is 5.32 Å². The van der Waals surface area contributed by atoms with Gasteiger partial charge >= 0.3 is 0 Å². The van der Waals surface area contributed by atoms with Crippen molar-refractivity contribution in [1.82, 2.24) is 10.2 Å². The molecular formula is C12H16N2O2. The molecule has 0 aliphatic carbocycles. The molecule has 0 spiro atoms. The van der Waals surface area contributed by atoms with Gasteiger partial charge in [0.1, 0.15) is 0 Å². The summed E-state index contributed by atoms with van der Waals surface area (Å²) in [6, 6.07) is 7.21. The van der Waals surface area contributed by atoms with Gasteiger partial charge in [0.25, 0.3) is 5.91 Å². The molecule has 4 heteroatoms. The maximum Gasteiger partial charge on any atom is 0.256 e. The minimum Gasteiger partial charge on any atom is -0.369 e. The van der Waals surface area contributed by atoms with E-state index in [9.17, 15) is 9.90 Å². The van der Waals surface area contributed by atoms with Gasteiger partial charge in [-0.05, 0) is 12.6 Å². The molecule has 1 amide bonds. The molecule has 0 radical (unpaired) electrons.